The predicted octanol–water partition coefficient (Wildman–Crippen LogP) is 8.38. The Balaban J connectivity index is 0.000000211. The second-order valence-corrected chi connectivity index (χ2v) is 10.1. The molecule has 0 bridgehead atoms. The monoisotopic (exact) mass is 583 g/mol. The molecule has 0 atom stereocenters. The summed E-state index contributed by atoms with van der Waals surface area (Å²) in [4.78, 5) is 8.27. The lowest BCUT2D eigenvalue weighted by molar-refractivity contribution is 0.398. The van der Waals surface area contributed by atoms with Gasteiger partial charge in [0.15, 0.2) is 0 Å². The van der Waals surface area contributed by atoms with E-state index in [1.807, 2.05) is 39.8 Å². The molecule has 38 heavy (non-hydrogen) atoms. The molecule has 0 saturated carbocycles. The number of halogens is 3. The summed E-state index contributed by atoms with van der Waals surface area (Å²) >= 11 is 3.56. The highest BCUT2D eigenvalue weighted by atomic mass is 79.9. The van der Waals surface area contributed by atoms with E-state index >= 15 is 0 Å². The van der Waals surface area contributed by atoms with Crippen molar-refractivity contribution in [2.75, 3.05) is 20.0 Å². The summed E-state index contributed by atoms with van der Waals surface area (Å²) < 4.78 is 38.4. The zero-order valence-electron chi connectivity index (χ0n) is 22.4. The molecular formula is C30H32BrF2N3O2. The highest BCUT2D eigenvalue weighted by Crippen LogP contribution is 2.36. The maximum Gasteiger partial charge on any atom is 0.212 e. The number of ether oxygens (including phenoxy) is 2. The van der Waals surface area contributed by atoms with E-state index in [0.29, 0.717) is 23.0 Å². The van der Waals surface area contributed by atoms with Crippen LogP contribution in [0.4, 0.5) is 14.5 Å². The minimum Gasteiger partial charge on any atom is -0.481 e. The Bertz CT molecular complexity index is 1270. The Hall–Kier alpha value is -3.52. The van der Waals surface area contributed by atoms with Crippen LogP contribution in [0.5, 0.6) is 11.8 Å². The van der Waals surface area contributed by atoms with E-state index in [2.05, 4.69) is 25.9 Å². The van der Waals surface area contributed by atoms with Crippen LogP contribution in [-0.4, -0.2) is 24.2 Å². The van der Waals surface area contributed by atoms with Gasteiger partial charge in [-0.05, 0) is 75.3 Å². The van der Waals surface area contributed by atoms with Crippen molar-refractivity contribution < 1.29 is 18.3 Å². The van der Waals surface area contributed by atoms with Crippen LogP contribution in [0.25, 0.3) is 22.3 Å². The number of nitrogens with zero attached hydrogens (tertiary/aromatic N) is 2. The highest BCUT2D eigenvalue weighted by molar-refractivity contribution is 9.10. The number of hydrogen-bond donors (Lipinski definition) is 1. The molecule has 0 amide bonds. The first-order valence-corrected chi connectivity index (χ1v) is 12.9. The number of anilines is 1. The Kier molecular flexibility index (Phi) is 9.80. The molecule has 0 aliphatic rings. The van der Waals surface area contributed by atoms with Crippen LogP contribution < -0.4 is 15.2 Å². The third-order valence-electron chi connectivity index (χ3n) is 6.00. The first-order chi connectivity index (χ1) is 18.0. The average Bonchev–Trinajstić information content (AvgIpc) is 2.91. The van der Waals surface area contributed by atoms with Gasteiger partial charge in [-0.25, -0.2) is 18.7 Å². The summed E-state index contributed by atoms with van der Waals surface area (Å²) in [5, 5.41) is 0. The first kappa shape index (κ1) is 29.0. The van der Waals surface area contributed by atoms with Crippen LogP contribution in [0.1, 0.15) is 50.7 Å². The van der Waals surface area contributed by atoms with E-state index in [0.717, 1.165) is 32.3 Å². The van der Waals surface area contributed by atoms with Crippen LogP contribution in [0.3, 0.4) is 0 Å². The van der Waals surface area contributed by atoms with Crippen molar-refractivity contribution in [1.29, 1.82) is 0 Å². The summed E-state index contributed by atoms with van der Waals surface area (Å²) in [6, 6.07) is 13.2. The number of nitrogen functional groups attached to an aromatic ring is 1. The van der Waals surface area contributed by atoms with Crippen LogP contribution in [0.2, 0.25) is 0 Å². The molecule has 4 rings (SSSR count). The van der Waals surface area contributed by atoms with Gasteiger partial charge < -0.3 is 15.2 Å². The highest BCUT2D eigenvalue weighted by Gasteiger charge is 2.14. The van der Waals surface area contributed by atoms with Gasteiger partial charge in [0, 0.05) is 56.9 Å². The van der Waals surface area contributed by atoms with Crippen molar-refractivity contribution in [2.45, 2.75) is 39.5 Å². The standard InChI is InChI=1S/C15H15BrFNO.C15H17FN2O/c1-9(2)12-6-11(17)7-13(15(12)16)10-4-5-14(19-3)18-8-10;1-9(2)12-6-11(16)7-13(15(12)17)10-4-5-14(19-3)18-8-10/h4-9H,1-3H3;4-9H,17H2,1-3H3. The average molecular weight is 585 g/mol. The lowest BCUT2D eigenvalue weighted by atomic mass is 9.95. The minimum absolute atomic E-state index is 0.167. The molecule has 0 unspecified atom stereocenters. The largest absolute Gasteiger partial charge is 0.481 e. The van der Waals surface area contributed by atoms with E-state index in [-0.39, 0.29) is 23.5 Å². The Labute approximate surface area is 231 Å². The van der Waals surface area contributed by atoms with Crippen molar-refractivity contribution in [3.63, 3.8) is 0 Å². The number of methoxy groups -OCH3 is 2. The number of benzene rings is 2. The fourth-order valence-corrected chi connectivity index (χ4v) is 4.83. The Morgan fingerprint density at radius 2 is 1.16 bits per heavy atom. The number of nitrogens with two attached hydrogens (primary N) is 1. The molecule has 2 aromatic heterocycles. The van der Waals surface area contributed by atoms with Crippen molar-refractivity contribution in [3.05, 3.63) is 88.2 Å². The predicted molar refractivity (Wildman–Crippen MR) is 153 cm³/mol. The van der Waals surface area contributed by atoms with Gasteiger partial charge in [0.2, 0.25) is 11.8 Å². The van der Waals surface area contributed by atoms with Crippen LogP contribution in [0.15, 0.2) is 65.4 Å². The van der Waals surface area contributed by atoms with Gasteiger partial charge in [-0.1, -0.05) is 27.7 Å². The van der Waals surface area contributed by atoms with Gasteiger partial charge >= 0.3 is 0 Å². The van der Waals surface area contributed by atoms with Crippen LogP contribution in [-0.2, 0) is 0 Å². The maximum atomic E-state index is 13.7. The summed E-state index contributed by atoms with van der Waals surface area (Å²) in [6.07, 6.45) is 3.32. The molecule has 4 aromatic rings. The second kappa shape index (κ2) is 12.8. The van der Waals surface area contributed by atoms with Gasteiger partial charge in [0.25, 0.3) is 0 Å². The summed E-state index contributed by atoms with van der Waals surface area (Å²) in [5.74, 6) is 0.945. The van der Waals surface area contributed by atoms with Crippen molar-refractivity contribution >= 4 is 21.6 Å². The molecule has 2 N–H and O–H groups in total. The zero-order chi connectivity index (χ0) is 28.0. The van der Waals surface area contributed by atoms with E-state index in [4.69, 9.17) is 15.2 Å². The molecule has 5 nitrogen and oxygen atoms in total. The molecule has 0 spiro atoms. The molecule has 200 valence electrons. The third kappa shape index (κ3) is 6.86. The second-order valence-electron chi connectivity index (χ2n) is 9.30. The zero-order valence-corrected chi connectivity index (χ0v) is 23.9. The first-order valence-electron chi connectivity index (χ1n) is 12.1. The van der Waals surface area contributed by atoms with Crippen molar-refractivity contribution in [3.8, 4) is 34.0 Å². The molecule has 0 saturated heterocycles. The Morgan fingerprint density at radius 1 is 0.711 bits per heavy atom. The van der Waals surface area contributed by atoms with Crippen molar-refractivity contribution in [2.24, 2.45) is 0 Å². The van der Waals surface area contributed by atoms with E-state index in [9.17, 15) is 8.78 Å². The quantitative estimate of drug-likeness (QED) is 0.231. The minimum atomic E-state index is -0.288. The molecule has 0 aliphatic carbocycles. The topological polar surface area (TPSA) is 70.3 Å². The van der Waals surface area contributed by atoms with E-state index < -0.39 is 0 Å². The molecule has 2 aromatic carbocycles. The van der Waals surface area contributed by atoms with Crippen LogP contribution in [0, 0.1) is 11.6 Å². The number of rotatable bonds is 6. The molecule has 2 heterocycles. The molecule has 0 radical (unpaired) electrons. The maximum absolute atomic E-state index is 13.7. The lowest BCUT2D eigenvalue weighted by Crippen LogP contribution is -2.01. The fourth-order valence-electron chi connectivity index (χ4n) is 3.92. The molecule has 8 heteroatoms. The number of pyridine rings is 2. The normalized spacial score (nSPS) is 10.8. The summed E-state index contributed by atoms with van der Waals surface area (Å²) in [6.45, 7) is 8.05. The van der Waals surface area contributed by atoms with Gasteiger partial charge in [-0.3, -0.25) is 0 Å². The number of hydrogen-bond acceptors (Lipinski definition) is 5. The van der Waals surface area contributed by atoms with E-state index in [1.54, 1.807) is 44.8 Å². The van der Waals surface area contributed by atoms with Gasteiger partial charge in [0.05, 0.1) is 14.2 Å². The molecular weight excluding hydrogens is 552 g/mol. The summed E-state index contributed by atoms with van der Waals surface area (Å²) in [5.41, 5.74) is 11.6. The van der Waals surface area contributed by atoms with E-state index in [1.165, 1.54) is 18.2 Å². The molecule has 0 fully saturated rings. The third-order valence-corrected chi connectivity index (χ3v) is 6.88. The van der Waals surface area contributed by atoms with Crippen LogP contribution >= 0.6 is 15.9 Å². The smallest absolute Gasteiger partial charge is 0.212 e. The lowest BCUT2D eigenvalue weighted by Gasteiger charge is -2.14. The van der Waals surface area contributed by atoms with Crippen molar-refractivity contribution in [1.82, 2.24) is 9.97 Å². The van der Waals surface area contributed by atoms with Gasteiger partial charge in [0.1, 0.15) is 11.6 Å². The Morgan fingerprint density at radius 3 is 1.58 bits per heavy atom. The SMILES string of the molecule is COc1ccc(-c2cc(F)cc(C(C)C)c2Br)cn1.COc1ccc(-c2cc(F)cc(C(C)C)c2N)cn1. The number of aromatic nitrogens is 2. The van der Waals surface area contributed by atoms with Gasteiger partial charge in [-0.2, -0.15) is 0 Å². The summed E-state index contributed by atoms with van der Waals surface area (Å²) in [7, 11) is 3.12. The fraction of sp³-hybridized carbons (Fsp3) is 0.267. The van der Waals surface area contributed by atoms with Gasteiger partial charge in [-0.15, -0.1) is 0 Å². The molecule has 0 aliphatic heterocycles.